The first-order chi connectivity index (χ1) is 18.4. The van der Waals surface area contributed by atoms with E-state index in [1.165, 1.54) is 32.2 Å². The lowest BCUT2D eigenvalue weighted by Gasteiger charge is -2.46. The highest BCUT2D eigenvalue weighted by molar-refractivity contribution is 6.30. The molecule has 1 amide bonds. The fraction of sp³-hybridized carbons (Fsp3) is 0.731. The Bertz CT molecular complexity index is 1020. The van der Waals surface area contributed by atoms with Crippen LogP contribution in [0, 0.1) is 0 Å². The summed E-state index contributed by atoms with van der Waals surface area (Å²) in [7, 11) is 0. The van der Waals surface area contributed by atoms with Crippen molar-refractivity contribution in [1.29, 1.82) is 0 Å². The van der Waals surface area contributed by atoms with Crippen molar-refractivity contribution >= 4 is 23.4 Å². The van der Waals surface area contributed by atoms with Crippen LogP contribution in [0.15, 0.2) is 18.2 Å². The molecule has 4 fully saturated rings. The lowest BCUT2D eigenvalue weighted by atomic mass is 9.84. The van der Waals surface area contributed by atoms with E-state index in [2.05, 4.69) is 14.5 Å². The standard InChI is InChI=1S/C26H33ClF6N4O2/c27-19-3-2-18(21(16-19)35-10-7-24(8-11-35)6-1-9-37(24)20-4-5-20)17-34-12-14-36(15-13-34)23(38)39-22(25(28,29)30)26(31,32)33/h2-3,16,20,22H,1,4-15,17H2. The molecule has 1 aromatic carbocycles. The number of amides is 1. The second-order valence-corrected chi connectivity index (χ2v) is 11.6. The van der Waals surface area contributed by atoms with Gasteiger partial charge in [-0.1, -0.05) is 17.7 Å². The van der Waals surface area contributed by atoms with Crippen LogP contribution in [-0.4, -0.2) is 96.6 Å². The quantitative estimate of drug-likeness (QED) is 0.418. The van der Waals surface area contributed by atoms with Crippen molar-refractivity contribution < 1.29 is 35.9 Å². The number of hydrogen-bond acceptors (Lipinski definition) is 5. The molecule has 0 atom stereocenters. The smallest absolute Gasteiger partial charge is 0.426 e. The molecule has 4 aliphatic rings. The number of anilines is 1. The molecule has 3 heterocycles. The van der Waals surface area contributed by atoms with Gasteiger partial charge >= 0.3 is 18.4 Å². The molecule has 6 nitrogen and oxygen atoms in total. The SMILES string of the molecule is O=C(OC(C(F)(F)F)C(F)(F)F)N1CCN(Cc2ccc(Cl)cc2N2CCC3(CCCN3C3CC3)CC2)CC1. The van der Waals surface area contributed by atoms with Crippen LogP contribution in [0.25, 0.3) is 0 Å². The fourth-order valence-electron chi connectivity index (χ4n) is 6.41. The normalized spacial score (nSPS) is 23.2. The lowest BCUT2D eigenvalue weighted by molar-refractivity contribution is -0.308. The molecule has 1 spiro atoms. The predicted octanol–water partition coefficient (Wildman–Crippen LogP) is 5.68. The van der Waals surface area contributed by atoms with Gasteiger partial charge in [-0.05, 0) is 62.8 Å². The molecule has 1 aromatic rings. The maximum absolute atomic E-state index is 12.8. The van der Waals surface area contributed by atoms with Crippen LogP contribution in [0.5, 0.6) is 0 Å². The second-order valence-electron chi connectivity index (χ2n) is 11.1. The summed E-state index contributed by atoms with van der Waals surface area (Å²) in [6, 6.07) is 6.50. The first kappa shape index (κ1) is 28.6. The van der Waals surface area contributed by atoms with Crippen LogP contribution in [0.2, 0.25) is 5.02 Å². The van der Waals surface area contributed by atoms with Crippen LogP contribution in [0.4, 0.5) is 36.8 Å². The Balaban J connectivity index is 1.18. The van der Waals surface area contributed by atoms with E-state index in [1.807, 2.05) is 23.1 Å². The topological polar surface area (TPSA) is 39.3 Å². The number of carbonyl (C=O) groups excluding carboxylic acids is 1. The average molecular weight is 583 g/mol. The molecule has 218 valence electrons. The molecule has 0 bridgehead atoms. The molecule has 3 aliphatic heterocycles. The van der Waals surface area contributed by atoms with Crippen LogP contribution >= 0.6 is 11.6 Å². The minimum atomic E-state index is -5.73. The van der Waals surface area contributed by atoms with Crippen molar-refractivity contribution in [2.75, 3.05) is 50.7 Å². The number of piperidine rings is 1. The van der Waals surface area contributed by atoms with Crippen LogP contribution in [-0.2, 0) is 11.3 Å². The summed E-state index contributed by atoms with van der Waals surface area (Å²) in [6.07, 6.45) is -9.90. The second kappa shape index (κ2) is 10.8. The van der Waals surface area contributed by atoms with Gasteiger partial charge in [0, 0.05) is 68.1 Å². The Hall–Kier alpha value is -1.92. The molecule has 1 saturated carbocycles. The molecule has 39 heavy (non-hydrogen) atoms. The van der Waals surface area contributed by atoms with Crippen LogP contribution in [0.3, 0.4) is 0 Å². The number of hydrogen-bond donors (Lipinski definition) is 0. The Morgan fingerprint density at radius 1 is 0.949 bits per heavy atom. The Labute approximate surface area is 228 Å². The molecular weight excluding hydrogens is 550 g/mol. The van der Waals surface area contributed by atoms with Crippen molar-refractivity contribution in [3.63, 3.8) is 0 Å². The van der Waals surface area contributed by atoms with Gasteiger partial charge in [-0.25, -0.2) is 4.79 Å². The van der Waals surface area contributed by atoms with Crippen LogP contribution < -0.4 is 4.90 Å². The van der Waals surface area contributed by atoms with Gasteiger partial charge in [0.2, 0.25) is 0 Å². The summed E-state index contributed by atoms with van der Waals surface area (Å²) in [5, 5.41) is 0.631. The number of piperazine rings is 1. The fourth-order valence-corrected chi connectivity index (χ4v) is 6.57. The summed E-state index contributed by atoms with van der Waals surface area (Å²) in [6.45, 7) is 4.09. The zero-order chi connectivity index (χ0) is 28.0. The predicted molar refractivity (Wildman–Crippen MR) is 134 cm³/mol. The zero-order valence-corrected chi connectivity index (χ0v) is 22.3. The highest BCUT2D eigenvalue weighted by Crippen LogP contribution is 2.46. The van der Waals surface area contributed by atoms with Crippen molar-refractivity contribution in [3.8, 4) is 0 Å². The molecule has 0 N–H and O–H groups in total. The summed E-state index contributed by atoms with van der Waals surface area (Å²) >= 11 is 6.37. The summed E-state index contributed by atoms with van der Waals surface area (Å²) in [5.74, 6) is 0. The number of halogens is 7. The Morgan fingerprint density at radius 2 is 1.59 bits per heavy atom. The van der Waals surface area contributed by atoms with Crippen molar-refractivity contribution in [2.24, 2.45) is 0 Å². The molecule has 0 unspecified atom stereocenters. The van der Waals surface area contributed by atoms with Crippen molar-refractivity contribution in [3.05, 3.63) is 28.8 Å². The minimum absolute atomic E-state index is 0.0343. The molecular formula is C26H33ClF6N4O2. The van der Waals surface area contributed by atoms with E-state index in [-0.39, 0.29) is 13.1 Å². The van der Waals surface area contributed by atoms with E-state index < -0.39 is 24.5 Å². The van der Waals surface area contributed by atoms with Gasteiger partial charge in [-0.3, -0.25) is 9.80 Å². The minimum Gasteiger partial charge on any atom is -0.426 e. The third-order valence-electron chi connectivity index (χ3n) is 8.56. The van der Waals surface area contributed by atoms with E-state index in [0.29, 0.717) is 30.2 Å². The van der Waals surface area contributed by atoms with Crippen LogP contribution in [0.1, 0.15) is 44.1 Å². The monoisotopic (exact) mass is 582 g/mol. The van der Waals surface area contributed by atoms with E-state index in [9.17, 15) is 31.1 Å². The van der Waals surface area contributed by atoms with E-state index >= 15 is 0 Å². The van der Waals surface area contributed by atoms with E-state index in [0.717, 1.165) is 48.1 Å². The van der Waals surface area contributed by atoms with Gasteiger partial charge in [-0.15, -0.1) is 0 Å². The number of carbonyl (C=O) groups is 1. The van der Waals surface area contributed by atoms with Crippen molar-refractivity contribution in [1.82, 2.24) is 14.7 Å². The third-order valence-corrected chi connectivity index (χ3v) is 8.79. The number of benzene rings is 1. The summed E-state index contributed by atoms with van der Waals surface area (Å²) in [4.78, 5) is 20.1. The lowest BCUT2D eigenvalue weighted by Crippen LogP contribution is -2.53. The molecule has 1 aliphatic carbocycles. The molecule has 13 heteroatoms. The first-order valence-corrected chi connectivity index (χ1v) is 13.8. The number of alkyl halides is 6. The van der Waals surface area contributed by atoms with Gasteiger partial charge in [0.15, 0.2) is 0 Å². The van der Waals surface area contributed by atoms with Gasteiger partial charge in [0.25, 0.3) is 6.10 Å². The summed E-state index contributed by atoms with van der Waals surface area (Å²) < 4.78 is 80.5. The molecule has 0 aromatic heterocycles. The molecule has 0 radical (unpaired) electrons. The van der Waals surface area contributed by atoms with E-state index in [4.69, 9.17) is 11.6 Å². The highest BCUT2D eigenvalue weighted by atomic mass is 35.5. The van der Waals surface area contributed by atoms with Gasteiger partial charge in [0.05, 0.1) is 0 Å². The van der Waals surface area contributed by atoms with Gasteiger partial charge in [-0.2, -0.15) is 26.3 Å². The molecule has 5 rings (SSSR count). The molecule has 3 saturated heterocycles. The zero-order valence-electron chi connectivity index (χ0n) is 21.5. The Morgan fingerprint density at radius 3 is 2.18 bits per heavy atom. The van der Waals surface area contributed by atoms with Gasteiger partial charge in [0.1, 0.15) is 0 Å². The number of rotatable bonds is 5. The highest BCUT2D eigenvalue weighted by Gasteiger charge is 2.60. The summed E-state index contributed by atoms with van der Waals surface area (Å²) in [5.41, 5.74) is 2.40. The van der Waals surface area contributed by atoms with Crippen molar-refractivity contribution in [2.45, 2.75) is 75.1 Å². The Kier molecular flexibility index (Phi) is 7.93. The van der Waals surface area contributed by atoms with Gasteiger partial charge < -0.3 is 14.5 Å². The first-order valence-electron chi connectivity index (χ1n) is 13.5. The largest absolute Gasteiger partial charge is 0.434 e. The average Bonchev–Trinajstić information content (AvgIpc) is 3.64. The number of ether oxygens (including phenoxy) is 1. The van der Waals surface area contributed by atoms with E-state index in [1.54, 1.807) is 0 Å². The maximum atomic E-state index is 12.8. The number of likely N-dealkylation sites (tertiary alicyclic amines) is 1. The maximum Gasteiger partial charge on any atom is 0.434 e. The number of nitrogens with zero attached hydrogens (tertiary/aromatic N) is 4. The third kappa shape index (κ3) is 6.37.